The number of amides is 1. The van der Waals surface area contributed by atoms with Crippen LogP contribution >= 0.6 is 0 Å². The first kappa shape index (κ1) is 18.2. The van der Waals surface area contributed by atoms with E-state index in [4.69, 9.17) is 10.5 Å². The number of H-pyrrole nitrogens is 1. The van der Waals surface area contributed by atoms with Gasteiger partial charge in [0.15, 0.2) is 0 Å². The van der Waals surface area contributed by atoms with Gasteiger partial charge in [-0.2, -0.15) is 0 Å². The van der Waals surface area contributed by atoms with Gasteiger partial charge in [0.25, 0.3) is 5.91 Å². The minimum absolute atomic E-state index is 0.159. The number of ether oxygens (including phenoxy) is 1. The summed E-state index contributed by atoms with van der Waals surface area (Å²) in [6.45, 7) is 3.56. The van der Waals surface area contributed by atoms with Crippen molar-refractivity contribution in [2.45, 2.75) is 19.4 Å². The van der Waals surface area contributed by atoms with Crippen molar-refractivity contribution < 1.29 is 9.53 Å². The van der Waals surface area contributed by atoms with E-state index in [2.05, 4.69) is 34.6 Å². The third-order valence-electron chi connectivity index (χ3n) is 4.18. The fourth-order valence-corrected chi connectivity index (χ4v) is 2.82. The Morgan fingerprint density at radius 3 is 2.73 bits per heavy atom. The maximum absolute atomic E-state index is 12.4. The average molecular weight is 351 g/mol. The fourth-order valence-electron chi connectivity index (χ4n) is 2.82. The summed E-state index contributed by atoms with van der Waals surface area (Å²) in [5.41, 5.74) is 9.68. The Morgan fingerprint density at radius 2 is 1.96 bits per heavy atom. The SMILES string of the molecule is CCCOC[C@H](N)CNC(=O)c1cc2ccc(-c3ccccc3)cc2[nH]1. The summed E-state index contributed by atoms with van der Waals surface area (Å²) in [5, 5.41) is 3.86. The topological polar surface area (TPSA) is 80.1 Å². The first-order valence-electron chi connectivity index (χ1n) is 8.97. The van der Waals surface area contributed by atoms with Gasteiger partial charge in [-0.05, 0) is 29.7 Å². The van der Waals surface area contributed by atoms with Crippen LogP contribution in [0.1, 0.15) is 23.8 Å². The van der Waals surface area contributed by atoms with E-state index in [-0.39, 0.29) is 11.9 Å². The maximum atomic E-state index is 12.4. The summed E-state index contributed by atoms with van der Waals surface area (Å²) in [6.07, 6.45) is 0.957. The molecule has 3 rings (SSSR count). The van der Waals surface area contributed by atoms with Crippen LogP contribution in [-0.4, -0.2) is 36.7 Å². The molecule has 0 aliphatic heterocycles. The zero-order chi connectivity index (χ0) is 18.4. The number of nitrogens with two attached hydrogens (primary N) is 1. The monoisotopic (exact) mass is 351 g/mol. The molecule has 3 aromatic rings. The number of hydrogen-bond donors (Lipinski definition) is 3. The molecular weight excluding hydrogens is 326 g/mol. The van der Waals surface area contributed by atoms with E-state index in [9.17, 15) is 4.79 Å². The first-order valence-corrected chi connectivity index (χ1v) is 8.97. The highest BCUT2D eigenvalue weighted by Crippen LogP contribution is 2.24. The third-order valence-corrected chi connectivity index (χ3v) is 4.18. The fraction of sp³-hybridized carbons (Fsp3) is 0.286. The molecule has 0 saturated heterocycles. The van der Waals surface area contributed by atoms with Crippen LogP contribution in [0, 0.1) is 0 Å². The molecule has 0 spiro atoms. The lowest BCUT2D eigenvalue weighted by atomic mass is 10.0. The largest absolute Gasteiger partial charge is 0.380 e. The molecule has 1 heterocycles. The van der Waals surface area contributed by atoms with E-state index in [0.29, 0.717) is 25.5 Å². The Hall–Kier alpha value is -2.63. The summed E-state index contributed by atoms with van der Waals surface area (Å²) < 4.78 is 5.40. The van der Waals surface area contributed by atoms with Crippen molar-refractivity contribution in [1.29, 1.82) is 0 Å². The molecule has 136 valence electrons. The molecule has 1 aromatic heterocycles. The van der Waals surface area contributed by atoms with E-state index in [0.717, 1.165) is 28.5 Å². The van der Waals surface area contributed by atoms with Crippen molar-refractivity contribution in [3.63, 3.8) is 0 Å². The molecule has 0 aliphatic rings. The lowest BCUT2D eigenvalue weighted by molar-refractivity contribution is 0.0925. The van der Waals surface area contributed by atoms with Gasteiger partial charge >= 0.3 is 0 Å². The smallest absolute Gasteiger partial charge is 0.267 e. The second-order valence-electron chi connectivity index (χ2n) is 6.40. The molecule has 4 N–H and O–H groups in total. The number of nitrogens with one attached hydrogen (secondary N) is 2. The highest BCUT2D eigenvalue weighted by atomic mass is 16.5. The summed E-state index contributed by atoms with van der Waals surface area (Å²) in [6, 6.07) is 18.0. The Bertz CT molecular complexity index is 858. The molecule has 0 aliphatic carbocycles. The molecule has 0 saturated carbocycles. The highest BCUT2D eigenvalue weighted by Gasteiger charge is 2.12. The van der Waals surface area contributed by atoms with E-state index in [1.807, 2.05) is 37.3 Å². The normalized spacial score (nSPS) is 12.2. The van der Waals surface area contributed by atoms with E-state index >= 15 is 0 Å². The molecule has 5 nitrogen and oxygen atoms in total. The number of carbonyl (C=O) groups excluding carboxylic acids is 1. The molecule has 0 fully saturated rings. The predicted octanol–water partition coefficient (Wildman–Crippen LogP) is 3.32. The number of benzene rings is 2. The van der Waals surface area contributed by atoms with Gasteiger partial charge in [0.1, 0.15) is 5.69 Å². The molecule has 0 unspecified atom stereocenters. The Morgan fingerprint density at radius 1 is 1.15 bits per heavy atom. The van der Waals surface area contributed by atoms with Gasteiger partial charge in [0.2, 0.25) is 0 Å². The Labute approximate surface area is 153 Å². The standard InChI is InChI=1S/C21H25N3O2/c1-2-10-26-14-18(22)13-23-21(25)20-12-17-9-8-16(11-19(17)24-20)15-6-4-3-5-7-15/h3-9,11-12,18,24H,2,10,13-14,22H2,1H3,(H,23,25)/t18-/m1/s1. The van der Waals surface area contributed by atoms with Gasteiger partial charge in [-0.25, -0.2) is 0 Å². The van der Waals surface area contributed by atoms with Crippen LogP contribution in [-0.2, 0) is 4.74 Å². The van der Waals surface area contributed by atoms with Gasteiger partial charge in [-0.15, -0.1) is 0 Å². The van der Waals surface area contributed by atoms with Crippen molar-refractivity contribution in [1.82, 2.24) is 10.3 Å². The molecule has 0 radical (unpaired) electrons. The number of fused-ring (bicyclic) bond motifs is 1. The molecule has 1 amide bonds. The van der Waals surface area contributed by atoms with Crippen molar-refractivity contribution in [2.24, 2.45) is 5.73 Å². The van der Waals surface area contributed by atoms with Crippen LogP contribution in [0.2, 0.25) is 0 Å². The average Bonchev–Trinajstić information content (AvgIpc) is 3.10. The number of hydrogen-bond acceptors (Lipinski definition) is 3. The second-order valence-corrected chi connectivity index (χ2v) is 6.40. The summed E-state index contributed by atoms with van der Waals surface area (Å²) in [4.78, 5) is 15.6. The third kappa shape index (κ3) is 4.50. The summed E-state index contributed by atoms with van der Waals surface area (Å²) >= 11 is 0. The van der Waals surface area contributed by atoms with Gasteiger partial charge in [-0.1, -0.05) is 49.4 Å². The molecule has 0 bridgehead atoms. The molecule has 5 heteroatoms. The Balaban J connectivity index is 1.66. The molecular formula is C21H25N3O2. The van der Waals surface area contributed by atoms with Gasteiger partial charge in [0.05, 0.1) is 6.61 Å². The van der Waals surface area contributed by atoms with E-state index < -0.39 is 0 Å². The molecule has 2 aromatic carbocycles. The van der Waals surface area contributed by atoms with Crippen LogP contribution < -0.4 is 11.1 Å². The van der Waals surface area contributed by atoms with Crippen molar-refractivity contribution in [3.8, 4) is 11.1 Å². The number of aromatic nitrogens is 1. The quantitative estimate of drug-likeness (QED) is 0.545. The van der Waals surface area contributed by atoms with Crippen molar-refractivity contribution >= 4 is 16.8 Å². The minimum Gasteiger partial charge on any atom is -0.380 e. The lowest BCUT2D eigenvalue weighted by Crippen LogP contribution is -2.40. The minimum atomic E-state index is -0.209. The Kier molecular flexibility index (Phi) is 6.04. The summed E-state index contributed by atoms with van der Waals surface area (Å²) in [5.74, 6) is -0.159. The zero-order valence-electron chi connectivity index (χ0n) is 15.0. The van der Waals surface area contributed by atoms with Crippen LogP contribution in [0.5, 0.6) is 0 Å². The van der Waals surface area contributed by atoms with Crippen LogP contribution in [0.3, 0.4) is 0 Å². The molecule has 26 heavy (non-hydrogen) atoms. The van der Waals surface area contributed by atoms with Crippen LogP contribution in [0.15, 0.2) is 54.6 Å². The zero-order valence-corrected chi connectivity index (χ0v) is 15.0. The van der Waals surface area contributed by atoms with Crippen LogP contribution in [0.4, 0.5) is 0 Å². The molecule has 1 atom stereocenters. The van der Waals surface area contributed by atoms with Gasteiger partial charge < -0.3 is 20.8 Å². The van der Waals surface area contributed by atoms with Crippen LogP contribution in [0.25, 0.3) is 22.0 Å². The van der Waals surface area contributed by atoms with E-state index in [1.54, 1.807) is 0 Å². The first-order chi connectivity index (χ1) is 12.7. The van der Waals surface area contributed by atoms with Crippen molar-refractivity contribution in [3.05, 3.63) is 60.3 Å². The lowest BCUT2D eigenvalue weighted by Gasteiger charge is -2.12. The van der Waals surface area contributed by atoms with E-state index in [1.165, 1.54) is 0 Å². The maximum Gasteiger partial charge on any atom is 0.267 e. The van der Waals surface area contributed by atoms with Crippen molar-refractivity contribution in [2.75, 3.05) is 19.8 Å². The predicted molar refractivity (Wildman–Crippen MR) is 105 cm³/mol. The number of rotatable bonds is 8. The summed E-state index contributed by atoms with van der Waals surface area (Å²) in [7, 11) is 0. The highest BCUT2D eigenvalue weighted by molar-refractivity contribution is 5.98. The van der Waals surface area contributed by atoms with Gasteiger partial charge in [0, 0.05) is 30.1 Å². The number of carbonyl (C=O) groups is 1. The second kappa shape index (κ2) is 8.65. The number of aromatic amines is 1. The van der Waals surface area contributed by atoms with Gasteiger partial charge in [-0.3, -0.25) is 4.79 Å².